The predicted octanol–water partition coefficient (Wildman–Crippen LogP) is 2.71. The molecule has 0 aliphatic rings. The van der Waals surface area contributed by atoms with Crippen LogP contribution in [-0.2, 0) is 14.6 Å². The van der Waals surface area contributed by atoms with Gasteiger partial charge in [0, 0.05) is 11.4 Å². The lowest BCUT2D eigenvalue weighted by Crippen LogP contribution is -2.20. The molecule has 0 aliphatic carbocycles. The average Bonchev–Trinajstić information content (AvgIpc) is 2.38. The van der Waals surface area contributed by atoms with Gasteiger partial charge in [-0.1, -0.05) is 25.4 Å². The summed E-state index contributed by atoms with van der Waals surface area (Å²) in [6, 6.07) is 4.71. The van der Waals surface area contributed by atoms with Crippen molar-refractivity contribution in [1.29, 1.82) is 0 Å². The number of carbonyl (C=O) groups is 1. The molecular formula is C14H21ClN2O3S. The number of sulfone groups is 1. The molecule has 0 atom stereocenters. The second-order valence-corrected chi connectivity index (χ2v) is 8.10. The number of benzene rings is 1. The maximum atomic E-state index is 11.8. The van der Waals surface area contributed by atoms with Crippen molar-refractivity contribution in [3.8, 4) is 0 Å². The summed E-state index contributed by atoms with van der Waals surface area (Å²) in [5.74, 6) is -0.0975. The number of carbonyl (C=O) groups excluding carboxylic acids is 1. The van der Waals surface area contributed by atoms with Crippen molar-refractivity contribution in [2.75, 3.05) is 22.6 Å². The van der Waals surface area contributed by atoms with Gasteiger partial charge in [-0.05, 0) is 30.5 Å². The van der Waals surface area contributed by atoms with E-state index < -0.39 is 9.84 Å². The van der Waals surface area contributed by atoms with Crippen molar-refractivity contribution in [2.24, 2.45) is 5.92 Å². The first kappa shape index (κ1) is 17.8. The first-order chi connectivity index (χ1) is 9.69. The Kier molecular flexibility index (Phi) is 6.48. The number of nitrogens with one attached hydrogen (secondary N) is 1. The van der Waals surface area contributed by atoms with Gasteiger partial charge in [-0.3, -0.25) is 4.79 Å². The number of halogens is 1. The zero-order valence-electron chi connectivity index (χ0n) is 12.2. The monoisotopic (exact) mass is 332 g/mol. The topological polar surface area (TPSA) is 89.3 Å². The molecule has 0 bridgehead atoms. The number of nitrogens with two attached hydrogens (primary N) is 1. The SMILES string of the molecule is CC(C)CCS(=O)(=O)CCC(=O)Nc1ccc(Cl)cc1N. The van der Waals surface area contributed by atoms with Crippen LogP contribution in [0.2, 0.25) is 5.02 Å². The van der Waals surface area contributed by atoms with Gasteiger partial charge in [-0.2, -0.15) is 0 Å². The molecule has 118 valence electrons. The third-order valence-corrected chi connectivity index (χ3v) is 4.85. The number of anilines is 2. The summed E-state index contributed by atoms with van der Waals surface area (Å²) in [4.78, 5) is 11.8. The highest BCUT2D eigenvalue weighted by molar-refractivity contribution is 7.91. The Balaban J connectivity index is 2.51. The summed E-state index contributed by atoms with van der Waals surface area (Å²) in [6.07, 6.45) is 0.524. The van der Waals surface area contributed by atoms with Crippen molar-refractivity contribution in [1.82, 2.24) is 0 Å². The molecule has 0 unspecified atom stereocenters. The van der Waals surface area contributed by atoms with Crippen molar-refractivity contribution < 1.29 is 13.2 Å². The number of hydrogen-bond acceptors (Lipinski definition) is 4. The van der Waals surface area contributed by atoms with Crippen LogP contribution in [0.15, 0.2) is 18.2 Å². The van der Waals surface area contributed by atoms with Gasteiger partial charge in [0.05, 0.1) is 22.9 Å². The van der Waals surface area contributed by atoms with Gasteiger partial charge in [0.15, 0.2) is 9.84 Å². The van der Waals surface area contributed by atoms with Gasteiger partial charge in [-0.15, -0.1) is 0 Å². The van der Waals surface area contributed by atoms with Crippen LogP contribution in [0.1, 0.15) is 26.7 Å². The molecule has 3 N–H and O–H groups in total. The average molecular weight is 333 g/mol. The summed E-state index contributed by atoms with van der Waals surface area (Å²) in [5.41, 5.74) is 6.50. The Hall–Kier alpha value is -1.27. The lowest BCUT2D eigenvalue weighted by molar-refractivity contribution is -0.115. The molecule has 0 aliphatic heterocycles. The molecule has 0 saturated heterocycles. The van der Waals surface area contributed by atoms with E-state index in [4.69, 9.17) is 17.3 Å². The van der Waals surface area contributed by atoms with E-state index in [9.17, 15) is 13.2 Å². The minimum atomic E-state index is -3.19. The van der Waals surface area contributed by atoms with Gasteiger partial charge in [0.2, 0.25) is 5.91 Å². The van der Waals surface area contributed by atoms with Crippen LogP contribution in [0.25, 0.3) is 0 Å². The smallest absolute Gasteiger partial charge is 0.225 e. The lowest BCUT2D eigenvalue weighted by atomic mass is 10.2. The maximum Gasteiger partial charge on any atom is 0.225 e. The van der Waals surface area contributed by atoms with Crippen molar-refractivity contribution in [2.45, 2.75) is 26.7 Å². The van der Waals surface area contributed by atoms with Crippen LogP contribution >= 0.6 is 11.6 Å². The van der Waals surface area contributed by atoms with Gasteiger partial charge in [0.25, 0.3) is 0 Å². The molecule has 0 aromatic heterocycles. The van der Waals surface area contributed by atoms with E-state index in [0.717, 1.165) is 0 Å². The second-order valence-electron chi connectivity index (χ2n) is 5.36. The summed E-state index contributed by atoms with van der Waals surface area (Å²) < 4.78 is 23.6. The molecule has 1 aromatic carbocycles. The molecule has 0 fully saturated rings. The van der Waals surface area contributed by atoms with Gasteiger partial charge < -0.3 is 11.1 Å². The normalized spacial score (nSPS) is 11.6. The fourth-order valence-corrected chi connectivity index (χ4v) is 3.34. The molecule has 7 heteroatoms. The molecule has 1 amide bonds. The molecule has 0 spiro atoms. The molecule has 0 radical (unpaired) electrons. The van der Waals surface area contributed by atoms with E-state index in [2.05, 4.69) is 5.32 Å². The second kappa shape index (κ2) is 7.66. The van der Waals surface area contributed by atoms with E-state index in [1.807, 2.05) is 13.8 Å². The van der Waals surface area contributed by atoms with Crippen molar-refractivity contribution in [3.63, 3.8) is 0 Å². The van der Waals surface area contributed by atoms with Gasteiger partial charge >= 0.3 is 0 Å². The van der Waals surface area contributed by atoms with Crippen LogP contribution in [0.3, 0.4) is 0 Å². The summed E-state index contributed by atoms with van der Waals surface area (Å²) >= 11 is 5.76. The van der Waals surface area contributed by atoms with Crippen LogP contribution < -0.4 is 11.1 Å². The van der Waals surface area contributed by atoms with Crippen molar-refractivity contribution in [3.05, 3.63) is 23.2 Å². The molecule has 1 rings (SSSR count). The number of nitrogen functional groups attached to an aromatic ring is 1. The largest absolute Gasteiger partial charge is 0.397 e. The van der Waals surface area contributed by atoms with Crippen LogP contribution in [0, 0.1) is 5.92 Å². The predicted molar refractivity (Wildman–Crippen MR) is 87.2 cm³/mol. The highest BCUT2D eigenvalue weighted by Crippen LogP contribution is 2.22. The standard InChI is InChI=1S/C14H21ClN2O3S/c1-10(2)5-7-21(19,20)8-6-14(18)17-13-4-3-11(15)9-12(13)16/h3-4,9-10H,5-8,16H2,1-2H3,(H,17,18). The Morgan fingerprint density at radius 3 is 2.57 bits per heavy atom. The van der Waals surface area contributed by atoms with Gasteiger partial charge in [0.1, 0.15) is 0 Å². The highest BCUT2D eigenvalue weighted by Gasteiger charge is 2.15. The van der Waals surface area contributed by atoms with E-state index in [1.54, 1.807) is 12.1 Å². The van der Waals surface area contributed by atoms with E-state index in [1.165, 1.54) is 6.07 Å². The summed E-state index contributed by atoms with van der Waals surface area (Å²) in [5, 5.41) is 3.06. The minimum absolute atomic E-state index is 0.0809. The first-order valence-electron chi connectivity index (χ1n) is 6.75. The summed E-state index contributed by atoms with van der Waals surface area (Å²) in [6.45, 7) is 3.93. The Labute approximate surface area is 130 Å². The maximum absolute atomic E-state index is 11.8. The molecular weight excluding hydrogens is 312 g/mol. The third kappa shape index (κ3) is 6.82. The molecule has 0 heterocycles. The Bertz CT molecular complexity index is 600. The van der Waals surface area contributed by atoms with Crippen LogP contribution in [0.5, 0.6) is 0 Å². The third-order valence-electron chi connectivity index (χ3n) is 2.93. The Morgan fingerprint density at radius 1 is 1.33 bits per heavy atom. The van der Waals surface area contributed by atoms with Gasteiger partial charge in [-0.25, -0.2) is 8.42 Å². The minimum Gasteiger partial charge on any atom is -0.397 e. The van der Waals surface area contributed by atoms with E-state index in [-0.39, 0.29) is 23.8 Å². The molecule has 0 saturated carbocycles. The highest BCUT2D eigenvalue weighted by atomic mass is 35.5. The molecule has 1 aromatic rings. The van der Waals surface area contributed by atoms with E-state index >= 15 is 0 Å². The Morgan fingerprint density at radius 2 is 2.00 bits per heavy atom. The zero-order chi connectivity index (χ0) is 16.0. The number of rotatable bonds is 7. The van der Waals surface area contributed by atoms with E-state index in [0.29, 0.717) is 28.7 Å². The van der Waals surface area contributed by atoms with Crippen molar-refractivity contribution >= 4 is 38.7 Å². The first-order valence-corrected chi connectivity index (χ1v) is 8.95. The fourth-order valence-electron chi connectivity index (χ4n) is 1.63. The quantitative estimate of drug-likeness (QED) is 0.751. The van der Waals surface area contributed by atoms with Crippen LogP contribution in [0.4, 0.5) is 11.4 Å². The summed E-state index contributed by atoms with van der Waals surface area (Å²) in [7, 11) is -3.19. The fraction of sp³-hybridized carbons (Fsp3) is 0.500. The van der Waals surface area contributed by atoms with Crippen LogP contribution in [-0.4, -0.2) is 25.8 Å². The zero-order valence-corrected chi connectivity index (χ0v) is 13.8. The molecule has 21 heavy (non-hydrogen) atoms. The number of amides is 1. The molecule has 5 nitrogen and oxygen atoms in total. The lowest BCUT2D eigenvalue weighted by Gasteiger charge is -2.09. The number of hydrogen-bond donors (Lipinski definition) is 2.